The number of nitrogens with one attached hydrogen (secondary N) is 1. The molecule has 4 heteroatoms. The van der Waals surface area contributed by atoms with Gasteiger partial charge in [0.05, 0.1) is 18.2 Å². The van der Waals surface area contributed by atoms with Crippen molar-refractivity contribution in [3.8, 4) is 17.9 Å². The van der Waals surface area contributed by atoms with E-state index in [0.29, 0.717) is 17.7 Å². The van der Waals surface area contributed by atoms with E-state index < -0.39 is 5.82 Å². The van der Waals surface area contributed by atoms with Gasteiger partial charge in [-0.1, -0.05) is 11.8 Å². The topological polar surface area (TPSA) is 39.1 Å². The molecule has 0 aromatic heterocycles. The number of nitriles is 1. The summed E-state index contributed by atoms with van der Waals surface area (Å²) in [5.41, 5.74) is 0.864. The molecule has 1 saturated heterocycles. The number of hydrogen-bond donors (Lipinski definition) is 1. The lowest BCUT2D eigenvalue weighted by molar-refractivity contribution is 0.268. The highest BCUT2D eigenvalue weighted by molar-refractivity contribution is 5.42. The van der Waals surface area contributed by atoms with Crippen molar-refractivity contribution >= 4 is 0 Å². The fourth-order valence-electron chi connectivity index (χ4n) is 1.85. The Hall–Kier alpha value is -1.88. The first kappa shape index (κ1) is 12.6. The average Bonchev–Trinajstić information content (AvgIpc) is 2.39. The Labute approximate surface area is 106 Å². The predicted molar refractivity (Wildman–Crippen MR) is 67.3 cm³/mol. The first-order valence-corrected chi connectivity index (χ1v) is 5.90. The van der Waals surface area contributed by atoms with E-state index in [-0.39, 0.29) is 0 Å². The molecule has 0 unspecified atom stereocenters. The van der Waals surface area contributed by atoms with Gasteiger partial charge < -0.3 is 5.32 Å². The Morgan fingerprint density at radius 3 is 2.67 bits per heavy atom. The molecule has 1 aromatic carbocycles. The van der Waals surface area contributed by atoms with Crippen molar-refractivity contribution in [1.82, 2.24) is 10.2 Å². The highest BCUT2D eigenvalue weighted by Crippen LogP contribution is 2.07. The lowest BCUT2D eigenvalue weighted by Gasteiger charge is -2.24. The van der Waals surface area contributed by atoms with E-state index in [0.717, 1.165) is 26.2 Å². The van der Waals surface area contributed by atoms with Crippen LogP contribution in [0.5, 0.6) is 0 Å². The molecule has 1 heterocycles. The standard InChI is InChI=1S/C14H14FN3/c15-14-9-12(8-13(10-14)11-16)2-1-5-18-6-3-17-4-7-18/h8-10,17H,3-7H2. The molecule has 1 fully saturated rings. The van der Waals surface area contributed by atoms with E-state index >= 15 is 0 Å². The van der Waals surface area contributed by atoms with Gasteiger partial charge in [-0.3, -0.25) is 4.90 Å². The van der Waals surface area contributed by atoms with Gasteiger partial charge in [-0.15, -0.1) is 0 Å². The van der Waals surface area contributed by atoms with Gasteiger partial charge in [-0.2, -0.15) is 5.26 Å². The van der Waals surface area contributed by atoms with Crippen LogP contribution in [0.25, 0.3) is 0 Å². The van der Waals surface area contributed by atoms with Crippen molar-refractivity contribution in [3.63, 3.8) is 0 Å². The zero-order valence-electron chi connectivity index (χ0n) is 10.0. The summed E-state index contributed by atoms with van der Waals surface area (Å²) in [6, 6.07) is 6.09. The molecular weight excluding hydrogens is 229 g/mol. The molecule has 0 radical (unpaired) electrons. The van der Waals surface area contributed by atoms with Gasteiger partial charge in [-0.25, -0.2) is 4.39 Å². The zero-order chi connectivity index (χ0) is 12.8. The van der Waals surface area contributed by atoms with Crippen molar-refractivity contribution in [2.45, 2.75) is 0 Å². The van der Waals surface area contributed by atoms with Crippen LogP contribution in [0.3, 0.4) is 0 Å². The summed E-state index contributed by atoms with van der Waals surface area (Å²) in [6.07, 6.45) is 0. The molecule has 0 atom stereocenters. The molecule has 18 heavy (non-hydrogen) atoms. The highest BCUT2D eigenvalue weighted by Gasteiger charge is 2.06. The Morgan fingerprint density at radius 2 is 1.94 bits per heavy atom. The number of rotatable bonds is 1. The van der Waals surface area contributed by atoms with Crippen molar-refractivity contribution in [2.75, 3.05) is 32.7 Å². The average molecular weight is 243 g/mol. The number of benzene rings is 1. The first-order chi connectivity index (χ1) is 8.78. The third-order valence-electron chi connectivity index (χ3n) is 2.77. The lowest BCUT2D eigenvalue weighted by atomic mass is 10.1. The number of piperazine rings is 1. The molecule has 92 valence electrons. The van der Waals surface area contributed by atoms with Crippen LogP contribution in [0.4, 0.5) is 4.39 Å². The second-order valence-electron chi connectivity index (χ2n) is 4.17. The normalized spacial score (nSPS) is 15.6. The van der Waals surface area contributed by atoms with Crippen molar-refractivity contribution in [3.05, 3.63) is 35.1 Å². The third kappa shape index (κ3) is 3.56. The molecule has 0 spiro atoms. The van der Waals surface area contributed by atoms with Crippen LogP contribution in [0, 0.1) is 29.0 Å². The fraction of sp³-hybridized carbons (Fsp3) is 0.357. The largest absolute Gasteiger partial charge is 0.314 e. The Morgan fingerprint density at radius 1 is 1.22 bits per heavy atom. The monoisotopic (exact) mass is 243 g/mol. The Kier molecular flexibility index (Phi) is 4.30. The second-order valence-corrected chi connectivity index (χ2v) is 4.17. The van der Waals surface area contributed by atoms with E-state index in [4.69, 9.17) is 5.26 Å². The van der Waals surface area contributed by atoms with Crippen LogP contribution in [-0.2, 0) is 0 Å². The Balaban J connectivity index is 2.01. The Bertz CT molecular complexity index is 516. The van der Waals surface area contributed by atoms with E-state index in [1.54, 1.807) is 6.07 Å². The maximum atomic E-state index is 13.2. The summed E-state index contributed by atoms with van der Waals surface area (Å²) in [5, 5.41) is 12.0. The van der Waals surface area contributed by atoms with Crippen LogP contribution in [0.1, 0.15) is 11.1 Å². The summed E-state index contributed by atoms with van der Waals surface area (Å²) in [5.74, 6) is 5.51. The minimum absolute atomic E-state index is 0.307. The third-order valence-corrected chi connectivity index (χ3v) is 2.77. The van der Waals surface area contributed by atoms with Gasteiger partial charge in [0.25, 0.3) is 0 Å². The quantitative estimate of drug-likeness (QED) is 0.747. The van der Waals surface area contributed by atoms with Gasteiger partial charge in [0, 0.05) is 31.7 Å². The molecular formula is C14H14FN3. The van der Waals surface area contributed by atoms with E-state index in [1.165, 1.54) is 12.1 Å². The molecule has 1 aliphatic heterocycles. The van der Waals surface area contributed by atoms with Crippen molar-refractivity contribution < 1.29 is 4.39 Å². The van der Waals surface area contributed by atoms with Crippen LogP contribution in [-0.4, -0.2) is 37.6 Å². The number of nitrogens with zero attached hydrogens (tertiary/aromatic N) is 2. The summed E-state index contributed by atoms with van der Waals surface area (Å²) in [6.45, 7) is 4.63. The molecule has 1 N–H and O–H groups in total. The first-order valence-electron chi connectivity index (χ1n) is 5.90. The summed E-state index contributed by atoms with van der Waals surface area (Å²) < 4.78 is 13.2. The maximum absolute atomic E-state index is 13.2. The van der Waals surface area contributed by atoms with Gasteiger partial charge in [0.1, 0.15) is 5.82 Å². The smallest absolute Gasteiger partial charge is 0.125 e. The molecule has 2 rings (SSSR count). The van der Waals surface area contributed by atoms with Crippen LogP contribution in [0.15, 0.2) is 18.2 Å². The summed E-state index contributed by atoms with van der Waals surface area (Å²) >= 11 is 0. The van der Waals surface area contributed by atoms with Gasteiger partial charge in [-0.05, 0) is 18.2 Å². The molecule has 0 amide bonds. The van der Waals surface area contributed by atoms with Gasteiger partial charge in [0.15, 0.2) is 0 Å². The highest BCUT2D eigenvalue weighted by atomic mass is 19.1. The van der Waals surface area contributed by atoms with Crippen LogP contribution in [0.2, 0.25) is 0 Å². The molecule has 0 aliphatic carbocycles. The van der Waals surface area contributed by atoms with Gasteiger partial charge in [0.2, 0.25) is 0 Å². The van der Waals surface area contributed by atoms with E-state index in [9.17, 15) is 4.39 Å². The lowest BCUT2D eigenvalue weighted by Crippen LogP contribution is -2.43. The summed E-state index contributed by atoms with van der Waals surface area (Å²) in [7, 11) is 0. The van der Waals surface area contributed by atoms with E-state index in [1.807, 2.05) is 6.07 Å². The van der Waals surface area contributed by atoms with Gasteiger partial charge >= 0.3 is 0 Å². The molecule has 3 nitrogen and oxygen atoms in total. The SMILES string of the molecule is N#Cc1cc(F)cc(C#CCN2CCNCC2)c1. The number of hydrogen-bond acceptors (Lipinski definition) is 3. The number of halogens is 1. The summed E-state index contributed by atoms with van der Waals surface area (Å²) in [4.78, 5) is 2.24. The molecule has 0 saturated carbocycles. The van der Waals surface area contributed by atoms with Crippen LogP contribution < -0.4 is 5.32 Å². The van der Waals surface area contributed by atoms with Crippen LogP contribution >= 0.6 is 0 Å². The maximum Gasteiger partial charge on any atom is 0.125 e. The van der Waals surface area contributed by atoms with E-state index in [2.05, 4.69) is 22.1 Å². The minimum Gasteiger partial charge on any atom is -0.314 e. The molecule has 0 bridgehead atoms. The predicted octanol–water partition coefficient (Wildman–Crippen LogP) is 0.954. The fourth-order valence-corrected chi connectivity index (χ4v) is 1.85. The van der Waals surface area contributed by atoms with Crippen molar-refractivity contribution in [1.29, 1.82) is 5.26 Å². The second kappa shape index (κ2) is 6.16. The molecule has 1 aromatic rings. The molecule has 1 aliphatic rings. The van der Waals surface area contributed by atoms with Crippen molar-refractivity contribution in [2.24, 2.45) is 0 Å². The minimum atomic E-state index is -0.416. The zero-order valence-corrected chi connectivity index (χ0v) is 10.0.